The SMILES string of the molecule is CN=C(NCC(c1ccccc1OC)N(C)C)N1CCN(C(=O)c2ccco2)CC1.I. The summed E-state index contributed by atoms with van der Waals surface area (Å²) in [5.41, 5.74) is 1.13. The Hall–Kier alpha value is -2.27. The number of methoxy groups -OCH3 is 1. The van der Waals surface area contributed by atoms with Crippen molar-refractivity contribution in [2.24, 2.45) is 4.99 Å². The normalized spacial score (nSPS) is 15.5. The first kappa shape index (κ1) is 25.0. The number of furan rings is 1. The quantitative estimate of drug-likeness (QED) is 0.345. The van der Waals surface area contributed by atoms with Crippen LogP contribution in [0.5, 0.6) is 5.75 Å². The third-order valence-electron chi connectivity index (χ3n) is 5.38. The maximum absolute atomic E-state index is 12.5. The van der Waals surface area contributed by atoms with Crippen LogP contribution in [0.25, 0.3) is 0 Å². The van der Waals surface area contributed by atoms with E-state index in [4.69, 9.17) is 9.15 Å². The molecule has 1 aromatic carbocycles. The number of ether oxygens (including phenoxy) is 1. The number of likely N-dealkylation sites (N-methyl/N-ethyl adjacent to an activating group) is 1. The Bertz CT molecular complexity index is 849. The molecule has 1 saturated heterocycles. The van der Waals surface area contributed by atoms with Crippen LogP contribution in [0.1, 0.15) is 22.2 Å². The molecule has 1 unspecified atom stereocenters. The molecule has 9 heteroatoms. The molecule has 1 fully saturated rings. The lowest BCUT2D eigenvalue weighted by molar-refractivity contribution is 0.0657. The van der Waals surface area contributed by atoms with Crippen molar-refractivity contribution >= 4 is 35.8 Å². The number of benzene rings is 1. The Morgan fingerprint density at radius 3 is 2.42 bits per heavy atom. The van der Waals surface area contributed by atoms with Crippen molar-refractivity contribution in [2.75, 3.05) is 61.0 Å². The highest BCUT2D eigenvalue weighted by atomic mass is 127. The number of carbonyl (C=O) groups is 1. The van der Waals surface area contributed by atoms with Gasteiger partial charge >= 0.3 is 0 Å². The molecule has 170 valence electrons. The molecule has 1 atom stereocenters. The Labute approximate surface area is 201 Å². The van der Waals surface area contributed by atoms with E-state index in [0.717, 1.165) is 17.3 Å². The summed E-state index contributed by atoms with van der Waals surface area (Å²) in [6, 6.07) is 11.6. The number of rotatable bonds is 6. The number of nitrogens with zero attached hydrogens (tertiary/aromatic N) is 4. The zero-order chi connectivity index (χ0) is 21.5. The molecule has 0 aliphatic carbocycles. The van der Waals surface area contributed by atoms with Gasteiger partial charge < -0.3 is 29.2 Å². The van der Waals surface area contributed by atoms with Crippen molar-refractivity contribution in [3.8, 4) is 5.75 Å². The lowest BCUT2D eigenvalue weighted by Gasteiger charge is -2.37. The molecule has 8 nitrogen and oxygen atoms in total. The Morgan fingerprint density at radius 1 is 1.16 bits per heavy atom. The number of guanidine groups is 1. The highest BCUT2D eigenvalue weighted by Gasteiger charge is 2.26. The number of piperazine rings is 1. The van der Waals surface area contributed by atoms with E-state index in [1.165, 1.54) is 6.26 Å². The average molecular weight is 541 g/mol. The van der Waals surface area contributed by atoms with Gasteiger partial charge in [-0.1, -0.05) is 18.2 Å². The van der Waals surface area contributed by atoms with Gasteiger partial charge in [0.05, 0.1) is 19.4 Å². The van der Waals surface area contributed by atoms with E-state index in [0.29, 0.717) is 38.5 Å². The maximum atomic E-state index is 12.5. The van der Waals surface area contributed by atoms with Crippen LogP contribution < -0.4 is 10.1 Å². The van der Waals surface area contributed by atoms with Gasteiger partial charge in [0.1, 0.15) is 5.75 Å². The third kappa shape index (κ3) is 6.13. The monoisotopic (exact) mass is 541 g/mol. The second-order valence-electron chi connectivity index (χ2n) is 7.41. The van der Waals surface area contributed by atoms with Gasteiger partial charge in [-0.25, -0.2) is 0 Å². The van der Waals surface area contributed by atoms with Gasteiger partial charge in [-0.05, 0) is 32.3 Å². The van der Waals surface area contributed by atoms with Crippen LogP contribution in [0.4, 0.5) is 0 Å². The highest BCUT2D eigenvalue weighted by Crippen LogP contribution is 2.27. The zero-order valence-corrected chi connectivity index (χ0v) is 20.9. The van der Waals surface area contributed by atoms with E-state index in [2.05, 4.69) is 40.3 Å². The largest absolute Gasteiger partial charge is 0.496 e. The summed E-state index contributed by atoms with van der Waals surface area (Å²) < 4.78 is 10.8. The number of para-hydroxylation sites is 1. The van der Waals surface area contributed by atoms with E-state index < -0.39 is 0 Å². The molecule has 3 rings (SSSR count). The van der Waals surface area contributed by atoms with E-state index in [9.17, 15) is 4.79 Å². The molecule has 0 saturated carbocycles. The molecule has 2 aromatic rings. The first-order valence-electron chi connectivity index (χ1n) is 10.1. The smallest absolute Gasteiger partial charge is 0.289 e. The fourth-order valence-electron chi connectivity index (χ4n) is 3.71. The number of aliphatic imine (C=N–C) groups is 1. The fourth-order valence-corrected chi connectivity index (χ4v) is 3.71. The Morgan fingerprint density at radius 2 is 1.84 bits per heavy atom. The molecule has 1 aromatic heterocycles. The van der Waals surface area contributed by atoms with Gasteiger partial charge in [-0.15, -0.1) is 24.0 Å². The van der Waals surface area contributed by atoms with Crippen molar-refractivity contribution in [3.63, 3.8) is 0 Å². The van der Waals surface area contributed by atoms with Crippen molar-refractivity contribution in [1.82, 2.24) is 20.0 Å². The van der Waals surface area contributed by atoms with E-state index >= 15 is 0 Å². The van der Waals surface area contributed by atoms with Crippen LogP contribution >= 0.6 is 24.0 Å². The molecule has 1 amide bonds. The zero-order valence-electron chi connectivity index (χ0n) is 18.6. The van der Waals surface area contributed by atoms with Crippen LogP contribution in [0.2, 0.25) is 0 Å². The minimum atomic E-state index is -0.0635. The lowest BCUT2D eigenvalue weighted by Crippen LogP contribution is -2.54. The first-order valence-corrected chi connectivity index (χ1v) is 10.1. The van der Waals surface area contributed by atoms with Gasteiger partial charge in [0.15, 0.2) is 11.7 Å². The Kier molecular flexibility index (Phi) is 9.63. The van der Waals surface area contributed by atoms with Crippen LogP contribution in [-0.4, -0.2) is 87.5 Å². The molecular weight excluding hydrogens is 509 g/mol. The molecule has 0 spiro atoms. The number of halogens is 1. The molecule has 1 aliphatic rings. The standard InChI is InChI=1S/C22H31N5O3.HI/c1-23-22(24-16-18(25(2)3)17-8-5-6-9-19(17)29-4)27-13-11-26(12-14-27)21(28)20-10-7-15-30-20;/h5-10,15,18H,11-14,16H2,1-4H3,(H,23,24);1H. The number of hydrogen-bond donors (Lipinski definition) is 1. The fraction of sp³-hybridized carbons (Fsp3) is 0.455. The Balaban J connectivity index is 0.00000341. The second-order valence-corrected chi connectivity index (χ2v) is 7.41. The summed E-state index contributed by atoms with van der Waals surface area (Å²) in [7, 11) is 7.60. The average Bonchev–Trinajstić information content (AvgIpc) is 3.31. The summed E-state index contributed by atoms with van der Waals surface area (Å²) in [5.74, 6) is 2.03. The van der Waals surface area contributed by atoms with Crippen LogP contribution in [0.15, 0.2) is 52.1 Å². The predicted octanol–water partition coefficient (Wildman–Crippen LogP) is 2.54. The number of hydrogen-bond acceptors (Lipinski definition) is 5. The van der Waals surface area contributed by atoms with E-state index in [1.807, 2.05) is 23.1 Å². The van der Waals surface area contributed by atoms with Gasteiger partial charge in [-0.3, -0.25) is 9.79 Å². The van der Waals surface area contributed by atoms with Crippen LogP contribution in [0.3, 0.4) is 0 Å². The van der Waals surface area contributed by atoms with Crippen molar-refractivity contribution in [3.05, 3.63) is 54.0 Å². The molecule has 0 radical (unpaired) electrons. The third-order valence-corrected chi connectivity index (χ3v) is 5.38. The number of nitrogens with one attached hydrogen (secondary N) is 1. The van der Waals surface area contributed by atoms with Crippen molar-refractivity contribution < 1.29 is 13.9 Å². The molecular formula is C22H32IN5O3. The van der Waals surface area contributed by atoms with Gasteiger partial charge in [0.2, 0.25) is 0 Å². The molecule has 1 N–H and O–H groups in total. The molecule has 2 heterocycles. The van der Waals surface area contributed by atoms with Crippen LogP contribution in [-0.2, 0) is 0 Å². The number of carbonyl (C=O) groups excluding carboxylic acids is 1. The summed E-state index contributed by atoms with van der Waals surface area (Å²) >= 11 is 0. The first-order chi connectivity index (χ1) is 14.5. The molecule has 31 heavy (non-hydrogen) atoms. The summed E-state index contributed by atoms with van der Waals surface area (Å²) in [5, 5.41) is 3.50. The minimum Gasteiger partial charge on any atom is -0.496 e. The summed E-state index contributed by atoms with van der Waals surface area (Å²) in [6.45, 7) is 3.38. The van der Waals surface area contributed by atoms with Gasteiger partial charge in [0.25, 0.3) is 5.91 Å². The highest BCUT2D eigenvalue weighted by molar-refractivity contribution is 14.0. The van der Waals surface area contributed by atoms with E-state index in [-0.39, 0.29) is 35.9 Å². The van der Waals surface area contributed by atoms with E-state index in [1.54, 1.807) is 26.3 Å². The maximum Gasteiger partial charge on any atom is 0.289 e. The van der Waals surface area contributed by atoms with Crippen molar-refractivity contribution in [2.45, 2.75) is 6.04 Å². The van der Waals surface area contributed by atoms with Gasteiger partial charge in [-0.2, -0.15) is 0 Å². The molecule has 1 aliphatic heterocycles. The lowest BCUT2D eigenvalue weighted by atomic mass is 10.0. The number of amides is 1. The minimum absolute atomic E-state index is 0. The molecule has 0 bridgehead atoms. The predicted molar refractivity (Wildman–Crippen MR) is 132 cm³/mol. The topological polar surface area (TPSA) is 73.6 Å². The summed E-state index contributed by atoms with van der Waals surface area (Å²) in [4.78, 5) is 23.1. The van der Waals surface area contributed by atoms with Gasteiger partial charge in [0, 0.05) is 45.3 Å². The van der Waals surface area contributed by atoms with Crippen LogP contribution in [0, 0.1) is 0 Å². The van der Waals surface area contributed by atoms with Crippen molar-refractivity contribution in [1.29, 1.82) is 0 Å². The second kappa shape index (κ2) is 11.9. The summed E-state index contributed by atoms with van der Waals surface area (Å²) in [6.07, 6.45) is 1.53.